The maximum absolute atomic E-state index is 5.62. The molecule has 2 aromatic rings. The van der Waals surface area contributed by atoms with Gasteiger partial charge in [-0.15, -0.1) is 0 Å². The fourth-order valence-electron chi connectivity index (χ4n) is 1.52. The van der Waals surface area contributed by atoms with Gasteiger partial charge in [-0.3, -0.25) is 0 Å². The summed E-state index contributed by atoms with van der Waals surface area (Å²) in [6.07, 6.45) is 0. The molecule has 1 heterocycles. The lowest BCUT2D eigenvalue weighted by Crippen LogP contribution is -1.93. The standard InChI is InChI=1S/C11H11BrN2O3/c1-15-7-5-3-4-6(9(7)16-2)10-8(12)11(13)14-17-10/h3-5H,1-2H3,(H2,13,14). The molecule has 0 saturated carbocycles. The summed E-state index contributed by atoms with van der Waals surface area (Å²) in [6.45, 7) is 0. The zero-order chi connectivity index (χ0) is 12.4. The highest BCUT2D eigenvalue weighted by Crippen LogP contribution is 2.42. The van der Waals surface area contributed by atoms with E-state index in [2.05, 4.69) is 21.1 Å². The second kappa shape index (κ2) is 4.67. The van der Waals surface area contributed by atoms with Crippen LogP contribution >= 0.6 is 15.9 Å². The summed E-state index contributed by atoms with van der Waals surface area (Å²) in [7, 11) is 3.14. The van der Waals surface area contributed by atoms with E-state index in [-0.39, 0.29) is 0 Å². The van der Waals surface area contributed by atoms with Crippen molar-refractivity contribution in [3.05, 3.63) is 22.7 Å². The fraction of sp³-hybridized carbons (Fsp3) is 0.182. The van der Waals surface area contributed by atoms with Gasteiger partial charge in [0.2, 0.25) is 0 Å². The van der Waals surface area contributed by atoms with Crippen molar-refractivity contribution in [3.8, 4) is 22.8 Å². The van der Waals surface area contributed by atoms with Gasteiger partial charge < -0.3 is 19.7 Å². The number of nitrogens with zero attached hydrogens (tertiary/aromatic N) is 1. The predicted octanol–water partition coefficient (Wildman–Crippen LogP) is 2.70. The van der Waals surface area contributed by atoms with Crippen LogP contribution in [0.15, 0.2) is 27.2 Å². The van der Waals surface area contributed by atoms with E-state index in [0.29, 0.717) is 27.5 Å². The number of anilines is 1. The van der Waals surface area contributed by atoms with Gasteiger partial charge in [0.05, 0.1) is 19.8 Å². The number of ether oxygens (including phenoxy) is 2. The molecule has 17 heavy (non-hydrogen) atoms. The number of para-hydroxylation sites is 1. The van der Waals surface area contributed by atoms with Crippen LogP contribution < -0.4 is 15.2 Å². The summed E-state index contributed by atoms with van der Waals surface area (Å²) < 4.78 is 16.3. The molecular weight excluding hydrogens is 288 g/mol. The van der Waals surface area contributed by atoms with Crippen LogP contribution in [0, 0.1) is 0 Å². The predicted molar refractivity (Wildman–Crippen MR) is 67.2 cm³/mol. The molecule has 0 aliphatic rings. The average Bonchev–Trinajstić information content (AvgIpc) is 2.69. The van der Waals surface area contributed by atoms with Crippen molar-refractivity contribution in [2.75, 3.05) is 20.0 Å². The lowest BCUT2D eigenvalue weighted by molar-refractivity contribution is 0.354. The Morgan fingerprint density at radius 2 is 2.06 bits per heavy atom. The van der Waals surface area contributed by atoms with Crippen molar-refractivity contribution >= 4 is 21.7 Å². The van der Waals surface area contributed by atoms with Crippen LogP contribution in [-0.4, -0.2) is 19.4 Å². The van der Waals surface area contributed by atoms with E-state index in [4.69, 9.17) is 19.7 Å². The first-order valence-corrected chi connectivity index (χ1v) is 5.60. The number of hydrogen-bond donors (Lipinski definition) is 1. The van der Waals surface area contributed by atoms with E-state index in [1.54, 1.807) is 20.3 Å². The van der Waals surface area contributed by atoms with Crippen molar-refractivity contribution in [1.29, 1.82) is 0 Å². The topological polar surface area (TPSA) is 70.5 Å². The SMILES string of the molecule is COc1cccc(-c2onc(N)c2Br)c1OC. The second-order valence-corrected chi connectivity index (χ2v) is 4.05. The smallest absolute Gasteiger partial charge is 0.187 e. The molecule has 0 bridgehead atoms. The van der Waals surface area contributed by atoms with Crippen molar-refractivity contribution in [2.45, 2.75) is 0 Å². The molecule has 0 spiro atoms. The van der Waals surface area contributed by atoms with E-state index < -0.39 is 0 Å². The monoisotopic (exact) mass is 298 g/mol. The Kier molecular flexibility index (Phi) is 3.23. The van der Waals surface area contributed by atoms with Crippen molar-refractivity contribution in [3.63, 3.8) is 0 Å². The number of halogens is 1. The summed E-state index contributed by atoms with van der Waals surface area (Å²) in [5.74, 6) is 2.00. The molecule has 90 valence electrons. The van der Waals surface area contributed by atoms with Crippen molar-refractivity contribution in [1.82, 2.24) is 5.16 Å². The first-order valence-electron chi connectivity index (χ1n) is 4.81. The third kappa shape index (κ3) is 1.95. The highest BCUT2D eigenvalue weighted by atomic mass is 79.9. The van der Waals surface area contributed by atoms with E-state index in [1.807, 2.05) is 12.1 Å². The number of benzene rings is 1. The first kappa shape index (κ1) is 11.8. The number of nitrogen functional groups attached to an aromatic ring is 1. The zero-order valence-corrected chi connectivity index (χ0v) is 10.9. The summed E-state index contributed by atoms with van der Waals surface area (Å²) in [5.41, 5.74) is 6.34. The van der Waals surface area contributed by atoms with E-state index in [9.17, 15) is 0 Å². The Bertz CT molecular complexity index is 540. The van der Waals surface area contributed by atoms with Crippen LogP contribution in [0.2, 0.25) is 0 Å². The quantitative estimate of drug-likeness (QED) is 0.943. The Labute approximate surface area is 107 Å². The molecule has 6 heteroatoms. The van der Waals surface area contributed by atoms with Gasteiger partial charge in [0.1, 0.15) is 4.47 Å². The summed E-state index contributed by atoms with van der Waals surface area (Å²) >= 11 is 3.32. The number of aromatic nitrogens is 1. The van der Waals surface area contributed by atoms with E-state index in [1.165, 1.54) is 0 Å². The highest BCUT2D eigenvalue weighted by Gasteiger charge is 2.19. The summed E-state index contributed by atoms with van der Waals surface area (Å²) in [4.78, 5) is 0. The van der Waals surface area contributed by atoms with E-state index >= 15 is 0 Å². The van der Waals surface area contributed by atoms with Crippen LogP contribution in [0.4, 0.5) is 5.82 Å². The van der Waals surface area contributed by atoms with Gasteiger partial charge in [0.25, 0.3) is 0 Å². The van der Waals surface area contributed by atoms with Crippen LogP contribution in [0.1, 0.15) is 0 Å². The number of nitrogens with two attached hydrogens (primary N) is 1. The van der Waals surface area contributed by atoms with Gasteiger partial charge in [-0.1, -0.05) is 11.2 Å². The third-order valence-corrected chi connectivity index (χ3v) is 3.07. The Hall–Kier alpha value is -1.69. The molecular formula is C11H11BrN2O3. The third-order valence-electron chi connectivity index (χ3n) is 2.31. The zero-order valence-electron chi connectivity index (χ0n) is 9.36. The molecule has 0 atom stereocenters. The molecule has 1 aromatic carbocycles. The Balaban J connectivity index is 2.63. The number of rotatable bonds is 3. The molecule has 0 amide bonds. The molecule has 0 saturated heterocycles. The van der Waals surface area contributed by atoms with Crippen LogP contribution in [0.5, 0.6) is 11.5 Å². The molecule has 0 unspecified atom stereocenters. The van der Waals surface area contributed by atoms with Gasteiger partial charge in [-0.25, -0.2) is 0 Å². The van der Waals surface area contributed by atoms with E-state index in [0.717, 1.165) is 5.56 Å². The minimum absolute atomic E-state index is 0.296. The molecule has 0 radical (unpaired) electrons. The maximum Gasteiger partial charge on any atom is 0.187 e. The van der Waals surface area contributed by atoms with Gasteiger partial charge in [0.15, 0.2) is 23.1 Å². The fourth-order valence-corrected chi connectivity index (χ4v) is 1.88. The Morgan fingerprint density at radius 3 is 2.59 bits per heavy atom. The summed E-state index contributed by atoms with van der Waals surface area (Å²) in [5, 5.41) is 3.68. The molecule has 0 aliphatic carbocycles. The average molecular weight is 299 g/mol. The van der Waals surface area contributed by atoms with Crippen LogP contribution in [0.3, 0.4) is 0 Å². The minimum Gasteiger partial charge on any atom is -0.493 e. The molecule has 1 aromatic heterocycles. The van der Waals surface area contributed by atoms with Crippen molar-refractivity contribution < 1.29 is 14.0 Å². The van der Waals surface area contributed by atoms with Crippen LogP contribution in [-0.2, 0) is 0 Å². The second-order valence-electron chi connectivity index (χ2n) is 3.25. The lowest BCUT2D eigenvalue weighted by atomic mass is 10.1. The van der Waals surface area contributed by atoms with Gasteiger partial charge >= 0.3 is 0 Å². The van der Waals surface area contributed by atoms with Crippen LogP contribution in [0.25, 0.3) is 11.3 Å². The molecule has 0 fully saturated rings. The summed E-state index contributed by atoms with van der Waals surface area (Å²) in [6, 6.07) is 5.48. The maximum atomic E-state index is 5.62. The normalized spacial score (nSPS) is 10.3. The minimum atomic E-state index is 0.296. The van der Waals surface area contributed by atoms with Gasteiger partial charge in [-0.05, 0) is 28.1 Å². The molecule has 2 rings (SSSR count). The van der Waals surface area contributed by atoms with Gasteiger partial charge in [0, 0.05) is 0 Å². The molecule has 2 N–H and O–H groups in total. The molecule has 5 nitrogen and oxygen atoms in total. The van der Waals surface area contributed by atoms with Crippen molar-refractivity contribution in [2.24, 2.45) is 0 Å². The molecule has 0 aliphatic heterocycles. The van der Waals surface area contributed by atoms with Gasteiger partial charge in [-0.2, -0.15) is 0 Å². The highest BCUT2D eigenvalue weighted by molar-refractivity contribution is 9.10. The number of methoxy groups -OCH3 is 2. The number of hydrogen-bond acceptors (Lipinski definition) is 5. The Morgan fingerprint density at radius 1 is 1.29 bits per heavy atom. The largest absolute Gasteiger partial charge is 0.493 e. The lowest BCUT2D eigenvalue weighted by Gasteiger charge is -2.10. The first-order chi connectivity index (χ1) is 8.19.